The van der Waals surface area contributed by atoms with Gasteiger partial charge in [0.2, 0.25) is 5.91 Å². The molecule has 6 heteroatoms. The second-order valence-electron chi connectivity index (χ2n) is 6.76. The standard InChI is InChI=1S/C20H27N3O2S/c1-3-18(24)22-19(20-21-9-11-26-20)16-7-5-10-23(14-16)13-15-6-4-8-17(12-15)25-2/h4,6,8-9,11-12,16,19H,3,5,7,10,13-14H2,1-2H3,(H,22,24). The molecular formula is C20H27N3O2S. The number of aromatic nitrogens is 1. The largest absolute Gasteiger partial charge is 0.497 e. The van der Waals surface area contributed by atoms with Gasteiger partial charge in [0, 0.05) is 31.1 Å². The summed E-state index contributed by atoms with van der Waals surface area (Å²) in [6.45, 7) is 4.84. The second-order valence-corrected chi connectivity index (χ2v) is 7.68. The third-order valence-electron chi connectivity index (χ3n) is 4.91. The van der Waals surface area contributed by atoms with Crippen LogP contribution in [0.3, 0.4) is 0 Å². The highest BCUT2D eigenvalue weighted by Gasteiger charge is 2.30. The molecule has 26 heavy (non-hydrogen) atoms. The molecule has 2 unspecified atom stereocenters. The van der Waals surface area contributed by atoms with Crippen molar-refractivity contribution in [2.75, 3.05) is 20.2 Å². The number of piperidine rings is 1. The lowest BCUT2D eigenvalue weighted by Gasteiger charge is -2.36. The first kappa shape index (κ1) is 18.9. The number of amides is 1. The number of nitrogens with zero attached hydrogens (tertiary/aromatic N) is 2. The average Bonchev–Trinajstić information content (AvgIpc) is 3.20. The number of hydrogen-bond donors (Lipinski definition) is 1. The van der Waals surface area contributed by atoms with E-state index >= 15 is 0 Å². The van der Waals surface area contributed by atoms with Gasteiger partial charge < -0.3 is 10.1 Å². The van der Waals surface area contributed by atoms with Gasteiger partial charge in [-0.05, 0) is 43.0 Å². The van der Waals surface area contributed by atoms with E-state index in [1.54, 1.807) is 18.4 Å². The lowest BCUT2D eigenvalue weighted by molar-refractivity contribution is -0.122. The third-order valence-corrected chi connectivity index (χ3v) is 5.77. The molecule has 0 spiro atoms. The van der Waals surface area contributed by atoms with Gasteiger partial charge in [0.15, 0.2) is 0 Å². The van der Waals surface area contributed by atoms with E-state index in [9.17, 15) is 4.79 Å². The van der Waals surface area contributed by atoms with Crippen LogP contribution in [0, 0.1) is 5.92 Å². The summed E-state index contributed by atoms with van der Waals surface area (Å²) in [6, 6.07) is 8.26. The van der Waals surface area contributed by atoms with Crippen molar-refractivity contribution in [3.63, 3.8) is 0 Å². The topological polar surface area (TPSA) is 54.5 Å². The molecule has 2 aromatic rings. The van der Waals surface area contributed by atoms with Gasteiger partial charge in [-0.25, -0.2) is 4.98 Å². The minimum absolute atomic E-state index is 0.00978. The van der Waals surface area contributed by atoms with Crippen LogP contribution < -0.4 is 10.1 Å². The molecule has 0 saturated carbocycles. The first-order valence-corrected chi connectivity index (χ1v) is 10.1. The van der Waals surface area contributed by atoms with Crippen LogP contribution >= 0.6 is 11.3 Å². The molecule has 2 heterocycles. The van der Waals surface area contributed by atoms with Crippen LogP contribution in [0.2, 0.25) is 0 Å². The highest BCUT2D eigenvalue weighted by molar-refractivity contribution is 7.09. The highest BCUT2D eigenvalue weighted by atomic mass is 32.1. The Labute approximate surface area is 159 Å². The zero-order valence-corrected chi connectivity index (χ0v) is 16.3. The Morgan fingerprint density at radius 3 is 3.12 bits per heavy atom. The highest BCUT2D eigenvalue weighted by Crippen LogP contribution is 2.31. The second kappa shape index (κ2) is 9.14. The maximum atomic E-state index is 12.0. The molecule has 1 aliphatic rings. The van der Waals surface area contributed by atoms with Crippen molar-refractivity contribution in [1.82, 2.24) is 15.2 Å². The summed E-state index contributed by atoms with van der Waals surface area (Å²) in [7, 11) is 1.70. The molecule has 140 valence electrons. The molecule has 1 aromatic heterocycles. The molecule has 1 amide bonds. The first-order valence-electron chi connectivity index (χ1n) is 9.23. The zero-order valence-electron chi connectivity index (χ0n) is 15.5. The Balaban J connectivity index is 1.69. The van der Waals surface area contributed by atoms with Crippen LogP contribution in [0.5, 0.6) is 5.75 Å². The van der Waals surface area contributed by atoms with E-state index in [2.05, 4.69) is 27.3 Å². The van der Waals surface area contributed by atoms with Gasteiger partial charge in [0.25, 0.3) is 0 Å². The van der Waals surface area contributed by atoms with E-state index in [1.807, 2.05) is 30.6 Å². The monoisotopic (exact) mass is 373 g/mol. The fourth-order valence-corrected chi connectivity index (χ4v) is 4.36. The van der Waals surface area contributed by atoms with Gasteiger partial charge in [-0.2, -0.15) is 0 Å². The summed E-state index contributed by atoms with van der Waals surface area (Å²) >= 11 is 1.63. The Kier molecular flexibility index (Phi) is 6.63. The van der Waals surface area contributed by atoms with Crippen molar-refractivity contribution >= 4 is 17.2 Å². The number of likely N-dealkylation sites (tertiary alicyclic amines) is 1. The van der Waals surface area contributed by atoms with Crippen molar-refractivity contribution in [3.05, 3.63) is 46.4 Å². The number of nitrogens with one attached hydrogen (secondary N) is 1. The number of ether oxygens (including phenoxy) is 1. The van der Waals surface area contributed by atoms with Crippen LogP contribution in [0.1, 0.15) is 42.8 Å². The third kappa shape index (κ3) is 4.83. The maximum Gasteiger partial charge on any atom is 0.220 e. The summed E-state index contributed by atoms with van der Waals surface area (Å²) in [5, 5.41) is 6.20. The van der Waals surface area contributed by atoms with E-state index < -0.39 is 0 Å². The lowest BCUT2D eigenvalue weighted by Crippen LogP contribution is -2.42. The summed E-state index contributed by atoms with van der Waals surface area (Å²) in [6.07, 6.45) is 4.57. The summed E-state index contributed by atoms with van der Waals surface area (Å²) in [4.78, 5) is 19.0. The zero-order chi connectivity index (χ0) is 18.4. The van der Waals surface area contributed by atoms with Crippen LogP contribution in [0.25, 0.3) is 0 Å². The first-order chi connectivity index (χ1) is 12.7. The van der Waals surface area contributed by atoms with Gasteiger partial charge >= 0.3 is 0 Å². The number of benzene rings is 1. The molecule has 0 bridgehead atoms. The van der Waals surface area contributed by atoms with Crippen molar-refractivity contribution in [3.8, 4) is 5.75 Å². The fourth-order valence-electron chi connectivity index (χ4n) is 3.58. The quantitative estimate of drug-likeness (QED) is 0.805. The summed E-state index contributed by atoms with van der Waals surface area (Å²) in [5.74, 6) is 1.37. The average molecular weight is 374 g/mol. The van der Waals surface area contributed by atoms with Crippen molar-refractivity contribution < 1.29 is 9.53 Å². The SMILES string of the molecule is CCC(=O)NC(c1nccs1)C1CCCN(Cc2cccc(OC)c2)C1. The predicted octanol–water partition coefficient (Wildman–Crippen LogP) is 3.63. The Hall–Kier alpha value is -1.92. The fraction of sp³-hybridized carbons (Fsp3) is 0.500. The van der Waals surface area contributed by atoms with Gasteiger partial charge in [-0.3, -0.25) is 9.69 Å². The van der Waals surface area contributed by atoms with E-state index in [0.29, 0.717) is 12.3 Å². The van der Waals surface area contributed by atoms with Crippen LogP contribution in [0.4, 0.5) is 0 Å². The number of thiazole rings is 1. The van der Waals surface area contributed by atoms with Crippen LogP contribution in [0.15, 0.2) is 35.8 Å². The summed E-state index contributed by atoms with van der Waals surface area (Å²) in [5.41, 5.74) is 1.26. The number of carbonyl (C=O) groups excluding carboxylic acids is 1. The van der Waals surface area contributed by atoms with Gasteiger partial charge in [-0.1, -0.05) is 19.1 Å². The van der Waals surface area contributed by atoms with Crippen molar-refractivity contribution in [2.45, 2.75) is 38.8 Å². The van der Waals surface area contributed by atoms with E-state index in [4.69, 9.17) is 4.74 Å². The van der Waals surface area contributed by atoms with E-state index in [1.165, 1.54) is 5.56 Å². The Bertz CT molecular complexity index is 705. The normalized spacial score (nSPS) is 19.1. The van der Waals surface area contributed by atoms with Gasteiger partial charge in [0.1, 0.15) is 10.8 Å². The van der Waals surface area contributed by atoms with Gasteiger partial charge in [0.05, 0.1) is 13.2 Å². The minimum Gasteiger partial charge on any atom is -0.497 e. The molecule has 1 fully saturated rings. The molecule has 1 N–H and O–H groups in total. The molecule has 0 radical (unpaired) electrons. The number of methoxy groups -OCH3 is 1. The molecule has 5 nitrogen and oxygen atoms in total. The van der Waals surface area contributed by atoms with E-state index in [0.717, 1.165) is 43.2 Å². The smallest absolute Gasteiger partial charge is 0.220 e. The molecule has 0 aliphatic carbocycles. The number of carbonyl (C=O) groups is 1. The Morgan fingerprint density at radius 2 is 2.38 bits per heavy atom. The van der Waals surface area contributed by atoms with Crippen LogP contribution in [-0.4, -0.2) is 36.0 Å². The maximum absolute atomic E-state index is 12.0. The molecule has 3 rings (SSSR count). The van der Waals surface area contributed by atoms with Crippen molar-refractivity contribution in [1.29, 1.82) is 0 Å². The number of rotatable bonds is 7. The molecule has 1 aromatic carbocycles. The number of hydrogen-bond acceptors (Lipinski definition) is 5. The predicted molar refractivity (Wildman–Crippen MR) is 104 cm³/mol. The molecule has 1 aliphatic heterocycles. The lowest BCUT2D eigenvalue weighted by atomic mass is 9.90. The van der Waals surface area contributed by atoms with Crippen LogP contribution in [-0.2, 0) is 11.3 Å². The molecule has 2 atom stereocenters. The van der Waals surface area contributed by atoms with Gasteiger partial charge in [-0.15, -0.1) is 11.3 Å². The van der Waals surface area contributed by atoms with E-state index in [-0.39, 0.29) is 11.9 Å². The van der Waals surface area contributed by atoms with Crippen molar-refractivity contribution in [2.24, 2.45) is 5.92 Å². The molecule has 1 saturated heterocycles. The Morgan fingerprint density at radius 1 is 1.50 bits per heavy atom. The minimum atomic E-state index is 0.00978. The molecular weight excluding hydrogens is 346 g/mol. The summed E-state index contributed by atoms with van der Waals surface area (Å²) < 4.78 is 5.34.